The predicted molar refractivity (Wildman–Crippen MR) is 103 cm³/mol. The second-order valence-electron chi connectivity index (χ2n) is 5.36. The van der Waals surface area contributed by atoms with Crippen molar-refractivity contribution in [1.29, 1.82) is 0 Å². The minimum Gasteiger partial charge on any atom is -0.356 e. The molecule has 0 amide bonds. The lowest BCUT2D eigenvalue weighted by atomic mass is 10.4. The summed E-state index contributed by atoms with van der Waals surface area (Å²) < 4.78 is 1.97. The van der Waals surface area contributed by atoms with Crippen molar-refractivity contribution in [3.8, 4) is 0 Å². The maximum Gasteiger partial charge on any atom is 0.191 e. The fourth-order valence-electron chi connectivity index (χ4n) is 2.13. The molecule has 0 fully saturated rings. The van der Waals surface area contributed by atoms with Crippen molar-refractivity contribution in [2.24, 2.45) is 4.99 Å². The molecule has 7 heteroatoms. The maximum absolute atomic E-state index is 5.88. The zero-order valence-corrected chi connectivity index (χ0v) is 15.7. The molecule has 5 nitrogen and oxygen atoms in total. The van der Waals surface area contributed by atoms with E-state index in [4.69, 9.17) is 11.6 Å². The minimum absolute atomic E-state index is 0.771. The van der Waals surface area contributed by atoms with Gasteiger partial charge < -0.3 is 10.6 Å². The Morgan fingerprint density at radius 2 is 2.00 bits per heavy atom. The van der Waals surface area contributed by atoms with Crippen molar-refractivity contribution in [3.05, 3.63) is 47.2 Å². The van der Waals surface area contributed by atoms with E-state index in [9.17, 15) is 0 Å². The fraction of sp³-hybridized carbons (Fsp3) is 0.412. The van der Waals surface area contributed by atoms with Gasteiger partial charge in [-0.3, -0.25) is 9.67 Å². The van der Waals surface area contributed by atoms with Gasteiger partial charge in [0.2, 0.25) is 0 Å². The van der Waals surface area contributed by atoms with Gasteiger partial charge in [0.05, 0.1) is 6.20 Å². The molecule has 2 rings (SSSR count). The quantitative estimate of drug-likeness (QED) is 0.326. The first-order chi connectivity index (χ1) is 11.7. The van der Waals surface area contributed by atoms with Crippen LogP contribution in [0.1, 0.15) is 12.0 Å². The number of thioether (sulfide) groups is 1. The third-order valence-electron chi connectivity index (χ3n) is 3.32. The summed E-state index contributed by atoms with van der Waals surface area (Å²) in [6.07, 6.45) is 4.94. The van der Waals surface area contributed by atoms with Crippen LogP contribution in [0.15, 0.2) is 46.5 Å². The Hall–Kier alpha value is -1.66. The van der Waals surface area contributed by atoms with E-state index >= 15 is 0 Å². The van der Waals surface area contributed by atoms with Crippen LogP contribution in [0.5, 0.6) is 0 Å². The van der Waals surface area contributed by atoms with E-state index in [1.807, 2.05) is 35.1 Å². The summed E-state index contributed by atoms with van der Waals surface area (Å²) in [5.41, 5.74) is 1.19. The summed E-state index contributed by atoms with van der Waals surface area (Å²) in [4.78, 5) is 5.46. The first-order valence-electron chi connectivity index (χ1n) is 7.99. The number of nitrogens with one attached hydrogen (secondary N) is 2. The van der Waals surface area contributed by atoms with Crippen LogP contribution >= 0.6 is 23.4 Å². The lowest BCUT2D eigenvalue weighted by Crippen LogP contribution is -2.39. The summed E-state index contributed by atoms with van der Waals surface area (Å²) in [5, 5.41) is 11.7. The summed E-state index contributed by atoms with van der Waals surface area (Å²) in [5.74, 6) is 1.80. The lowest BCUT2D eigenvalue weighted by Gasteiger charge is -2.11. The molecule has 2 N–H and O–H groups in total. The average Bonchev–Trinajstić information content (AvgIpc) is 3.00. The predicted octanol–water partition coefficient (Wildman–Crippen LogP) is 3.19. The number of nitrogens with zero attached hydrogens (tertiary/aromatic N) is 3. The number of halogens is 1. The summed E-state index contributed by atoms with van der Waals surface area (Å²) in [6.45, 7) is 4.67. The van der Waals surface area contributed by atoms with E-state index in [0.29, 0.717) is 0 Å². The van der Waals surface area contributed by atoms with Gasteiger partial charge in [0.1, 0.15) is 0 Å². The Labute approximate surface area is 152 Å². The molecular weight excluding hydrogens is 342 g/mol. The molecule has 0 saturated heterocycles. The van der Waals surface area contributed by atoms with Crippen LogP contribution in [0.4, 0.5) is 0 Å². The van der Waals surface area contributed by atoms with Gasteiger partial charge in [-0.05, 0) is 43.2 Å². The summed E-state index contributed by atoms with van der Waals surface area (Å²) >= 11 is 7.68. The van der Waals surface area contributed by atoms with Crippen LogP contribution in [0, 0.1) is 6.92 Å². The number of guanidine groups is 1. The zero-order valence-electron chi connectivity index (χ0n) is 14.1. The number of rotatable bonds is 8. The van der Waals surface area contributed by atoms with Crippen molar-refractivity contribution in [1.82, 2.24) is 20.4 Å². The van der Waals surface area contributed by atoms with Crippen molar-refractivity contribution >= 4 is 29.3 Å². The highest BCUT2D eigenvalue weighted by Crippen LogP contribution is 2.19. The second-order valence-corrected chi connectivity index (χ2v) is 6.97. The maximum atomic E-state index is 5.88. The van der Waals surface area contributed by atoms with E-state index in [-0.39, 0.29) is 0 Å². The molecule has 24 heavy (non-hydrogen) atoms. The van der Waals surface area contributed by atoms with Crippen LogP contribution in [0.2, 0.25) is 5.02 Å². The molecule has 0 radical (unpaired) electrons. The van der Waals surface area contributed by atoms with Crippen molar-refractivity contribution < 1.29 is 0 Å². The monoisotopic (exact) mass is 365 g/mol. The third-order valence-corrected chi connectivity index (χ3v) is 4.58. The molecule has 1 aromatic heterocycles. The van der Waals surface area contributed by atoms with Gasteiger partial charge in [-0.2, -0.15) is 5.10 Å². The summed E-state index contributed by atoms with van der Waals surface area (Å²) in [7, 11) is 1.79. The topological polar surface area (TPSA) is 54.2 Å². The molecule has 0 atom stereocenters. The highest BCUT2D eigenvalue weighted by atomic mass is 35.5. The largest absolute Gasteiger partial charge is 0.356 e. The normalized spacial score (nSPS) is 11.5. The zero-order chi connectivity index (χ0) is 17.2. The first kappa shape index (κ1) is 18.7. The molecule has 2 aromatic rings. The fourth-order valence-corrected chi connectivity index (χ4v) is 3.02. The van der Waals surface area contributed by atoms with E-state index < -0.39 is 0 Å². The first-order valence-corrected chi connectivity index (χ1v) is 9.35. The smallest absolute Gasteiger partial charge is 0.191 e. The number of hydrogen-bond acceptors (Lipinski definition) is 3. The molecule has 0 aliphatic heterocycles. The summed E-state index contributed by atoms with van der Waals surface area (Å²) in [6, 6.07) is 7.91. The van der Waals surface area contributed by atoms with E-state index in [0.717, 1.165) is 42.8 Å². The Morgan fingerprint density at radius 3 is 2.67 bits per heavy atom. The van der Waals surface area contributed by atoms with Gasteiger partial charge in [-0.1, -0.05) is 11.6 Å². The van der Waals surface area contributed by atoms with E-state index in [1.165, 1.54) is 10.5 Å². The second kappa shape index (κ2) is 10.3. The number of benzene rings is 1. The van der Waals surface area contributed by atoms with Crippen LogP contribution in [0.25, 0.3) is 0 Å². The molecule has 0 saturated carbocycles. The SMILES string of the molecule is CN=C(NCCCn1cc(C)cn1)NCCSc1ccc(Cl)cc1. The van der Waals surface area contributed by atoms with E-state index in [2.05, 4.69) is 33.8 Å². The van der Waals surface area contributed by atoms with E-state index in [1.54, 1.807) is 18.8 Å². The van der Waals surface area contributed by atoms with Crippen LogP contribution in [0.3, 0.4) is 0 Å². The molecule has 1 aromatic carbocycles. The molecule has 0 aliphatic rings. The van der Waals surface area contributed by atoms with Gasteiger partial charge in [0.25, 0.3) is 0 Å². The van der Waals surface area contributed by atoms with Gasteiger partial charge in [-0.25, -0.2) is 0 Å². The Morgan fingerprint density at radius 1 is 1.25 bits per heavy atom. The van der Waals surface area contributed by atoms with Crippen molar-refractivity contribution in [2.75, 3.05) is 25.9 Å². The molecule has 0 unspecified atom stereocenters. The highest BCUT2D eigenvalue weighted by Gasteiger charge is 1.99. The molecule has 0 aliphatic carbocycles. The van der Waals surface area contributed by atoms with Gasteiger partial charge >= 0.3 is 0 Å². The van der Waals surface area contributed by atoms with Crippen LogP contribution in [-0.4, -0.2) is 41.6 Å². The lowest BCUT2D eigenvalue weighted by molar-refractivity contribution is 0.570. The van der Waals surface area contributed by atoms with Crippen LogP contribution < -0.4 is 10.6 Å². The van der Waals surface area contributed by atoms with Crippen molar-refractivity contribution in [3.63, 3.8) is 0 Å². The highest BCUT2D eigenvalue weighted by molar-refractivity contribution is 7.99. The molecule has 0 bridgehead atoms. The number of aliphatic imine (C=N–C) groups is 1. The van der Waals surface area contributed by atoms with Gasteiger partial charge in [-0.15, -0.1) is 11.8 Å². The number of hydrogen-bond donors (Lipinski definition) is 2. The standard InChI is InChI=1S/C17H24ClN5S/c1-14-12-22-23(13-14)10-3-8-20-17(19-2)21-9-11-24-16-6-4-15(18)5-7-16/h4-7,12-13H,3,8-11H2,1-2H3,(H2,19,20,21). The number of aryl methyl sites for hydroxylation is 2. The Balaban J connectivity index is 1.57. The van der Waals surface area contributed by atoms with Gasteiger partial charge in [0, 0.05) is 48.5 Å². The molecule has 1 heterocycles. The molecule has 130 valence electrons. The molecular formula is C17H24ClN5S. The van der Waals surface area contributed by atoms with Crippen LogP contribution in [-0.2, 0) is 6.54 Å². The Kier molecular flexibility index (Phi) is 7.98. The Bertz CT molecular complexity index is 639. The van der Waals surface area contributed by atoms with Gasteiger partial charge in [0.15, 0.2) is 5.96 Å². The third kappa shape index (κ3) is 6.84. The minimum atomic E-state index is 0.771. The molecule has 0 spiro atoms. The number of aromatic nitrogens is 2. The van der Waals surface area contributed by atoms with Crippen molar-refractivity contribution in [2.45, 2.75) is 24.8 Å². The average molecular weight is 366 g/mol.